The summed E-state index contributed by atoms with van der Waals surface area (Å²) in [5, 5.41) is 4.30. The minimum atomic E-state index is -0.340. The lowest BCUT2D eigenvalue weighted by Gasteiger charge is -2.41. The number of nitrogens with two attached hydrogens (primary N) is 1. The zero-order valence-electron chi connectivity index (χ0n) is 22.5. The van der Waals surface area contributed by atoms with E-state index in [1.165, 1.54) is 0 Å². The fourth-order valence-electron chi connectivity index (χ4n) is 6.61. The van der Waals surface area contributed by atoms with Crippen molar-refractivity contribution >= 4 is 17.3 Å². The summed E-state index contributed by atoms with van der Waals surface area (Å²) in [4.78, 5) is 24.4. The van der Waals surface area contributed by atoms with Crippen LogP contribution in [0.1, 0.15) is 47.9 Å². The highest BCUT2D eigenvalue weighted by Crippen LogP contribution is 2.47. The Morgan fingerprint density at radius 1 is 1.00 bits per heavy atom. The highest BCUT2D eigenvalue weighted by Gasteiger charge is 2.48. The van der Waals surface area contributed by atoms with Crippen molar-refractivity contribution in [2.45, 2.75) is 43.9 Å². The SMILES string of the molecule is Cn1cc(-c2ccc3c(n2)CCCN3C2=NCc3nc(N4CCC5(CC4)Oc4ccccc4[C@H]5N)cnc32)cn1. The number of para-hydroxylation sites is 1. The quantitative estimate of drug-likeness (QED) is 0.417. The van der Waals surface area contributed by atoms with E-state index in [-0.39, 0.29) is 11.6 Å². The number of rotatable bonds is 2. The molecule has 10 nitrogen and oxygen atoms in total. The minimum Gasteiger partial charge on any atom is -0.485 e. The number of nitrogens with zero attached hydrogens (tertiary/aromatic N) is 8. The Morgan fingerprint density at radius 2 is 1.88 bits per heavy atom. The maximum absolute atomic E-state index is 6.67. The van der Waals surface area contributed by atoms with Gasteiger partial charge in [0.1, 0.15) is 22.9 Å². The number of anilines is 2. The van der Waals surface area contributed by atoms with Crippen LogP contribution >= 0.6 is 0 Å². The number of ether oxygens (including phenoxy) is 1. The first-order valence-corrected chi connectivity index (χ1v) is 14.0. The molecule has 40 heavy (non-hydrogen) atoms. The second-order valence-corrected chi connectivity index (χ2v) is 11.2. The maximum Gasteiger partial charge on any atom is 0.156 e. The van der Waals surface area contributed by atoms with E-state index in [1.54, 1.807) is 4.68 Å². The molecule has 1 saturated heterocycles. The Bertz CT molecular complexity index is 1650. The van der Waals surface area contributed by atoms with Crippen molar-refractivity contribution < 1.29 is 4.74 Å². The first-order valence-electron chi connectivity index (χ1n) is 14.0. The van der Waals surface area contributed by atoms with Gasteiger partial charge in [0, 0.05) is 56.8 Å². The van der Waals surface area contributed by atoms with Gasteiger partial charge in [-0.1, -0.05) is 18.2 Å². The van der Waals surface area contributed by atoms with E-state index in [4.69, 9.17) is 30.4 Å². The normalized spacial score (nSPS) is 20.6. The van der Waals surface area contributed by atoms with Crippen LogP contribution in [0, 0.1) is 0 Å². The summed E-state index contributed by atoms with van der Waals surface area (Å²) in [6, 6.07) is 12.3. The van der Waals surface area contributed by atoms with Crippen molar-refractivity contribution in [3.05, 3.63) is 77.6 Å². The van der Waals surface area contributed by atoms with Gasteiger partial charge in [-0.05, 0) is 31.0 Å². The van der Waals surface area contributed by atoms with E-state index < -0.39 is 0 Å². The van der Waals surface area contributed by atoms with Crippen LogP contribution < -0.4 is 20.3 Å². The van der Waals surface area contributed by atoms with Crippen LogP contribution in [0.15, 0.2) is 60.0 Å². The molecule has 1 spiro atoms. The van der Waals surface area contributed by atoms with Gasteiger partial charge in [0.25, 0.3) is 0 Å². The first kappa shape index (κ1) is 23.6. The van der Waals surface area contributed by atoms with Crippen molar-refractivity contribution in [1.29, 1.82) is 0 Å². The lowest BCUT2D eigenvalue weighted by molar-refractivity contribution is 0.0431. The molecule has 0 radical (unpaired) electrons. The van der Waals surface area contributed by atoms with Gasteiger partial charge in [-0.2, -0.15) is 5.10 Å². The summed E-state index contributed by atoms with van der Waals surface area (Å²) in [6.45, 7) is 3.08. The Kier molecular flexibility index (Phi) is 5.22. The largest absolute Gasteiger partial charge is 0.485 e. The Hall–Kier alpha value is -4.31. The molecule has 7 heterocycles. The fraction of sp³-hybridized carbons (Fsp3) is 0.367. The first-order chi connectivity index (χ1) is 19.6. The maximum atomic E-state index is 6.67. The number of aryl methyl sites for hydroxylation is 2. The number of aliphatic imine (C=N–C) groups is 1. The zero-order valence-corrected chi connectivity index (χ0v) is 22.5. The Balaban J connectivity index is 1.00. The number of benzene rings is 1. The molecule has 10 heteroatoms. The number of hydrogen-bond acceptors (Lipinski definition) is 9. The molecule has 0 saturated carbocycles. The van der Waals surface area contributed by atoms with Crippen LogP contribution in [0.4, 0.5) is 11.5 Å². The van der Waals surface area contributed by atoms with Gasteiger partial charge in [-0.3, -0.25) is 14.7 Å². The van der Waals surface area contributed by atoms with Gasteiger partial charge in [0.15, 0.2) is 5.84 Å². The van der Waals surface area contributed by atoms with Crippen molar-refractivity contribution in [3.63, 3.8) is 0 Å². The van der Waals surface area contributed by atoms with Crippen molar-refractivity contribution in [2.24, 2.45) is 17.8 Å². The third kappa shape index (κ3) is 3.62. The van der Waals surface area contributed by atoms with Gasteiger partial charge in [-0.15, -0.1) is 0 Å². The van der Waals surface area contributed by atoms with Crippen LogP contribution in [-0.2, 0) is 20.0 Å². The summed E-state index contributed by atoms with van der Waals surface area (Å²) in [5.41, 5.74) is 13.4. The summed E-state index contributed by atoms with van der Waals surface area (Å²) in [6.07, 6.45) is 9.41. The predicted octanol–water partition coefficient (Wildman–Crippen LogP) is 3.42. The predicted molar refractivity (Wildman–Crippen MR) is 153 cm³/mol. The van der Waals surface area contributed by atoms with Crippen LogP contribution in [0.2, 0.25) is 0 Å². The number of amidine groups is 1. The molecule has 4 aliphatic heterocycles. The van der Waals surface area contributed by atoms with Crippen LogP contribution in [-0.4, -0.2) is 55.8 Å². The number of pyridine rings is 1. The highest BCUT2D eigenvalue weighted by molar-refractivity contribution is 6.11. The van der Waals surface area contributed by atoms with E-state index >= 15 is 0 Å². The molecule has 1 aromatic carbocycles. The Morgan fingerprint density at radius 3 is 2.70 bits per heavy atom. The number of piperidine rings is 1. The van der Waals surface area contributed by atoms with Gasteiger partial charge >= 0.3 is 0 Å². The van der Waals surface area contributed by atoms with Crippen molar-refractivity contribution in [2.75, 3.05) is 29.4 Å². The van der Waals surface area contributed by atoms with Gasteiger partial charge < -0.3 is 20.3 Å². The summed E-state index contributed by atoms with van der Waals surface area (Å²) >= 11 is 0. The van der Waals surface area contributed by atoms with Crippen LogP contribution in [0.3, 0.4) is 0 Å². The van der Waals surface area contributed by atoms with E-state index in [0.717, 1.165) is 102 Å². The molecule has 8 rings (SSSR count). The van der Waals surface area contributed by atoms with Crippen molar-refractivity contribution in [1.82, 2.24) is 24.7 Å². The highest BCUT2D eigenvalue weighted by atomic mass is 16.5. The van der Waals surface area contributed by atoms with E-state index in [9.17, 15) is 0 Å². The second kappa shape index (κ2) is 8.85. The van der Waals surface area contributed by atoms with Gasteiger partial charge in [-0.25, -0.2) is 9.97 Å². The average Bonchev–Trinajstić information content (AvgIpc) is 3.69. The third-order valence-electron chi connectivity index (χ3n) is 8.78. The lowest BCUT2D eigenvalue weighted by atomic mass is 9.83. The molecule has 0 amide bonds. The van der Waals surface area contributed by atoms with Crippen LogP contribution in [0.25, 0.3) is 11.3 Å². The molecule has 1 atom stereocenters. The number of hydrogen-bond donors (Lipinski definition) is 1. The van der Waals surface area contributed by atoms with Gasteiger partial charge in [0.2, 0.25) is 0 Å². The van der Waals surface area contributed by atoms with E-state index in [2.05, 4.69) is 33.1 Å². The zero-order chi connectivity index (χ0) is 26.8. The molecule has 202 valence electrons. The molecular weight excluding hydrogens is 502 g/mol. The van der Waals surface area contributed by atoms with E-state index in [1.807, 2.05) is 43.8 Å². The van der Waals surface area contributed by atoms with Crippen LogP contribution in [0.5, 0.6) is 5.75 Å². The minimum absolute atomic E-state index is 0.102. The fourth-order valence-corrected chi connectivity index (χ4v) is 6.61. The number of aromatic nitrogens is 5. The third-order valence-corrected chi connectivity index (χ3v) is 8.78. The number of fused-ring (bicyclic) bond motifs is 3. The summed E-state index contributed by atoms with van der Waals surface area (Å²) < 4.78 is 8.23. The second-order valence-electron chi connectivity index (χ2n) is 11.2. The molecule has 2 N–H and O–H groups in total. The lowest BCUT2D eigenvalue weighted by Crippen LogP contribution is -2.51. The average molecular weight is 534 g/mol. The van der Waals surface area contributed by atoms with Gasteiger partial charge in [0.05, 0.1) is 47.7 Å². The van der Waals surface area contributed by atoms with Crippen molar-refractivity contribution in [3.8, 4) is 17.0 Å². The molecule has 0 bridgehead atoms. The molecule has 0 unspecified atom stereocenters. The monoisotopic (exact) mass is 533 g/mol. The molecule has 4 aliphatic rings. The smallest absolute Gasteiger partial charge is 0.156 e. The summed E-state index contributed by atoms with van der Waals surface area (Å²) in [5.74, 6) is 2.72. The van der Waals surface area contributed by atoms with E-state index in [0.29, 0.717) is 6.54 Å². The summed E-state index contributed by atoms with van der Waals surface area (Å²) in [7, 11) is 1.92. The Labute approximate surface area is 232 Å². The molecule has 3 aromatic heterocycles. The standard InChI is InChI=1S/C30H31N9O/c1-37-18-19(15-34-37)21-8-9-24-22(35-21)6-4-12-39(24)29-27-23(16-33-29)36-26(17-32-27)38-13-10-30(11-14-38)28(31)20-5-2-3-7-25(20)40-30/h2-3,5,7-9,15,17-18,28H,4,6,10-14,16,31H2,1H3/t28-/m1/s1. The molecular formula is C30H31N9O. The topological polar surface area (TPSA) is 111 Å². The molecule has 0 aliphatic carbocycles. The molecule has 1 fully saturated rings. The molecule has 4 aromatic rings.